The molecule has 0 aliphatic heterocycles. The summed E-state index contributed by atoms with van der Waals surface area (Å²) in [5.74, 6) is 0. The zero-order chi connectivity index (χ0) is 13.9. The van der Waals surface area contributed by atoms with Crippen molar-refractivity contribution in [3.63, 3.8) is 0 Å². The van der Waals surface area contributed by atoms with Crippen molar-refractivity contribution in [3.8, 4) is 0 Å². The van der Waals surface area contributed by atoms with E-state index in [4.69, 9.17) is 0 Å². The fourth-order valence-electron chi connectivity index (χ4n) is 1.96. The van der Waals surface area contributed by atoms with E-state index in [1.165, 1.54) is 5.56 Å². The number of benzene rings is 1. The molecule has 0 radical (unpaired) electrons. The van der Waals surface area contributed by atoms with Gasteiger partial charge in [0.05, 0.1) is 4.90 Å². The molecule has 1 saturated carbocycles. The number of hydrogen-bond donors (Lipinski definition) is 1. The number of alkyl halides is 1. The maximum absolute atomic E-state index is 12.0. The molecule has 1 N–H and O–H groups in total. The molecule has 1 atom stereocenters. The Morgan fingerprint density at radius 3 is 2.47 bits per heavy atom. The molecule has 0 aromatic heterocycles. The lowest BCUT2D eigenvalue weighted by molar-refractivity contribution is 0.581. The molecule has 0 bridgehead atoms. The van der Waals surface area contributed by atoms with Crippen LogP contribution in [0, 0.1) is 0 Å². The Hall–Kier alpha value is -0.390. The van der Waals surface area contributed by atoms with Gasteiger partial charge in [-0.1, -0.05) is 41.4 Å². The van der Waals surface area contributed by atoms with Gasteiger partial charge in [-0.15, -0.1) is 0 Å². The van der Waals surface area contributed by atoms with Gasteiger partial charge in [-0.3, -0.25) is 0 Å². The van der Waals surface area contributed by atoms with Gasteiger partial charge < -0.3 is 0 Å². The Kier molecular flexibility index (Phi) is 5.03. The molecule has 1 aliphatic carbocycles. The summed E-state index contributed by atoms with van der Waals surface area (Å²) in [6.45, 7) is 2.16. The van der Waals surface area contributed by atoms with Crippen molar-refractivity contribution >= 4 is 26.0 Å². The lowest BCUT2D eigenvalue weighted by atomic mass is 10.1. The minimum Gasteiger partial charge on any atom is -0.208 e. The predicted octanol–water partition coefficient (Wildman–Crippen LogP) is 3.23. The van der Waals surface area contributed by atoms with Gasteiger partial charge in [0.15, 0.2) is 0 Å². The van der Waals surface area contributed by atoms with Crippen molar-refractivity contribution in [1.29, 1.82) is 0 Å². The SMILES string of the molecule is CCCC(Br)Cc1ccc(S(=O)(=O)NC2CC2)cc1. The zero-order valence-electron chi connectivity index (χ0n) is 11.1. The van der Waals surface area contributed by atoms with Crippen LogP contribution in [0.25, 0.3) is 0 Å². The summed E-state index contributed by atoms with van der Waals surface area (Å²) in [6, 6.07) is 7.37. The van der Waals surface area contributed by atoms with E-state index in [0.717, 1.165) is 32.1 Å². The standard InChI is InChI=1S/C14H20BrNO2S/c1-2-3-12(15)10-11-4-8-14(9-5-11)19(17,18)16-13-6-7-13/h4-5,8-9,12-13,16H,2-3,6-7,10H2,1H3. The average Bonchev–Trinajstić information content (AvgIpc) is 3.13. The van der Waals surface area contributed by atoms with Crippen LogP contribution in [-0.4, -0.2) is 19.3 Å². The number of hydrogen-bond acceptors (Lipinski definition) is 2. The average molecular weight is 346 g/mol. The van der Waals surface area contributed by atoms with Gasteiger partial charge in [0.1, 0.15) is 0 Å². The molecule has 3 nitrogen and oxygen atoms in total. The first kappa shape index (κ1) is 15.0. The minimum absolute atomic E-state index is 0.154. The van der Waals surface area contributed by atoms with E-state index in [1.54, 1.807) is 12.1 Å². The smallest absolute Gasteiger partial charge is 0.208 e. The van der Waals surface area contributed by atoms with Crippen molar-refractivity contribution in [2.45, 2.75) is 54.8 Å². The van der Waals surface area contributed by atoms with E-state index >= 15 is 0 Å². The molecule has 1 aromatic rings. The molecule has 1 aromatic carbocycles. The Morgan fingerprint density at radius 2 is 1.95 bits per heavy atom. The van der Waals surface area contributed by atoms with Gasteiger partial charge >= 0.3 is 0 Å². The van der Waals surface area contributed by atoms with Crippen LogP contribution in [0.1, 0.15) is 38.2 Å². The summed E-state index contributed by atoms with van der Waals surface area (Å²) in [4.78, 5) is 0.828. The number of nitrogens with one attached hydrogen (secondary N) is 1. The Morgan fingerprint density at radius 1 is 1.32 bits per heavy atom. The van der Waals surface area contributed by atoms with Crippen molar-refractivity contribution in [2.75, 3.05) is 0 Å². The van der Waals surface area contributed by atoms with E-state index in [2.05, 4.69) is 27.6 Å². The normalized spacial score (nSPS) is 17.4. The van der Waals surface area contributed by atoms with E-state index in [-0.39, 0.29) is 6.04 Å². The molecule has 1 aliphatic rings. The van der Waals surface area contributed by atoms with Crippen LogP contribution in [0.5, 0.6) is 0 Å². The van der Waals surface area contributed by atoms with Crippen LogP contribution in [0.15, 0.2) is 29.2 Å². The predicted molar refractivity (Wildman–Crippen MR) is 81.1 cm³/mol. The highest BCUT2D eigenvalue weighted by molar-refractivity contribution is 9.09. The number of rotatable bonds is 7. The summed E-state index contributed by atoms with van der Waals surface area (Å²) in [5, 5.41) is 0. The minimum atomic E-state index is -3.31. The quantitative estimate of drug-likeness (QED) is 0.771. The summed E-state index contributed by atoms with van der Waals surface area (Å²) in [5.41, 5.74) is 1.17. The van der Waals surface area contributed by atoms with Gasteiger partial charge in [0.2, 0.25) is 10.0 Å². The molecular weight excluding hydrogens is 326 g/mol. The molecule has 106 valence electrons. The monoisotopic (exact) mass is 345 g/mol. The fourth-order valence-corrected chi connectivity index (χ4v) is 4.10. The van der Waals surface area contributed by atoms with Crippen molar-refractivity contribution in [2.24, 2.45) is 0 Å². The van der Waals surface area contributed by atoms with Crippen LogP contribution < -0.4 is 4.72 Å². The highest BCUT2D eigenvalue weighted by atomic mass is 79.9. The van der Waals surface area contributed by atoms with Crippen LogP contribution in [-0.2, 0) is 16.4 Å². The van der Waals surface area contributed by atoms with E-state index < -0.39 is 10.0 Å². The van der Waals surface area contributed by atoms with Crippen molar-refractivity contribution < 1.29 is 8.42 Å². The molecule has 0 spiro atoms. The molecule has 1 unspecified atom stereocenters. The molecule has 1 fully saturated rings. The number of sulfonamides is 1. The third-order valence-electron chi connectivity index (χ3n) is 3.19. The summed E-state index contributed by atoms with van der Waals surface area (Å²) in [7, 11) is -3.31. The van der Waals surface area contributed by atoms with Crippen LogP contribution in [0.2, 0.25) is 0 Å². The van der Waals surface area contributed by atoms with Gasteiger partial charge in [-0.2, -0.15) is 0 Å². The largest absolute Gasteiger partial charge is 0.240 e. The van der Waals surface area contributed by atoms with E-state index in [9.17, 15) is 8.42 Å². The molecule has 0 amide bonds. The first-order valence-corrected chi connectivity index (χ1v) is 9.16. The lowest BCUT2D eigenvalue weighted by Crippen LogP contribution is -2.25. The van der Waals surface area contributed by atoms with E-state index in [1.807, 2.05) is 12.1 Å². The van der Waals surface area contributed by atoms with Gasteiger partial charge in [-0.05, 0) is 43.4 Å². The second kappa shape index (κ2) is 6.37. The third kappa shape index (κ3) is 4.58. The highest BCUT2D eigenvalue weighted by Crippen LogP contribution is 2.23. The van der Waals surface area contributed by atoms with Crippen LogP contribution >= 0.6 is 15.9 Å². The molecule has 2 rings (SSSR count). The van der Waals surface area contributed by atoms with Crippen molar-refractivity contribution in [1.82, 2.24) is 4.72 Å². The van der Waals surface area contributed by atoms with Gasteiger partial charge in [-0.25, -0.2) is 13.1 Å². The van der Waals surface area contributed by atoms with Gasteiger partial charge in [0.25, 0.3) is 0 Å². The first-order valence-electron chi connectivity index (χ1n) is 6.76. The Bertz CT molecular complexity index is 509. The first-order chi connectivity index (χ1) is 9.01. The van der Waals surface area contributed by atoms with Crippen LogP contribution in [0.3, 0.4) is 0 Å². The summed E-state index contributed by atoms with van der Waals surface area (Å²) >= 11 is 3.64. The highest BCUT2D eigenvalue weighted by Gasteiger charge is 2.27. The fraction of sp³-hybridized carbons (Fsp3) is 0.571. The second-order valence-electron chi connectivity index (χ2n) is 5.13. The van der Waals surface area contributed by atoms with Crippen molar-refractivity contribution in [3.05, 3.63) is 29.8 Å². The molecule has 0 saturated heterocycles. The molecule has 5 heteroatoms. The third-order valence-corrected chi connectivity index (χ3v) is 5.51. The summed E-state index contributed by atoms with van der Waals surface area (Å²) < 4.78 is 26.7. The summed E-state index contributed by atoms with van der Waals surface area (Å²) in [6.07, 6.45) is 5.13. The molecule has 0 heterocycles. The topological polar surface area (TPSA) is 46.2 Å². The maximum atomic E-state index is 12.0. The Balaban J connectivity index is 2.01. The van der Waals surface area contributed by atoms with Crippen LogP contribution in [0.4, 0.5) is 0 Å². The molecule has 19 heavy (non-hydrogen) atoms. The molecular formula is C14H20BrNO2S. The van der Waals surface area contributed by atoms with E-state index in [0.29, 0.717) is 9.72 Å². The van der Waals surface area contributed by atoms with Gasteiger partial charge in [0, 0.05) is 10.9 Å². The lowest BCUT2D eigenvalue weighted by Gasteiger charge is -2.09. The Labute approximate surface area is 124 Å². The zero-order valence-corrected chi connectivity index (χ0v) is 13.5. The number of halogens is 1. The maximum Gasteiger partial charge on any atom is 0.240 e. The second-order valence-corrected chi connectivity index (χ2v) is 8.14.